The standard InChI is InChI=1S/C13H15ClN2O2S/c14-6-5-11(17)12(18)9-1-3-10(4-2-9)16-8-7-15-13(16)19/h1-4,7-8,11-12,17-18H,5-6H2,(H,15,19). The molecule has 0 aliphatic rings. The third-order valence-corrected chi connectivity index (χ3v) is 3.46. The lowest BCUT2D eigenvalue weighted by Crippen LogP contribution is -2.18. The number of imidazole rings is 1. The van der Waals surface area contributed by atoms with Gasteiger partial charge in [0.15, 0.2) is 4.77 Å². The minimum Gasteiger partial charge on any atom is -0.390 e. The van der Waals surface area contributed by atoms with E-state index in [0.29, 0.717) is 22.6 Å². The number of nitrogens with zero attached hydrogens (tertiary/aromatic N) is 1. The number of alkyl halides is 1. The van der Waals surface area contributed by atoms with Crippen molar-refractivity contribution in [2.24, 2.45) is 0 Å². The van der Waals surface area contributed by atoms with E-state index in [1.807, 2.05) is 22.9 Å². The smallest absolute Gasteiger partial charge is 0.181 e. The van der Waals surface area contributed by atoms with Crippen molar-refractivity contribution in [3.8, 4) is 5.69 Å². The summed E-state index contributed by atoms with van der Waals surface area (Å²) in [6.45, 7) is 0. The van der Waals surface area contributed by atoms with Gasteiger partial charge in [-0.05, 0) is 36.3 Å². The van der Waals surface area contributed by atoms with Crippen molar-refractivity contribution in [3.63, 3.8) is 0 Å². The van der Waals surface area contributed by atoms with E-state index in [1.54, 1.807) is 18.3 Å². The molecule has 2 atom stereocenters. The molecule has 0 saturated carbocycles. The fraction of sp³-hybridized carbons (Fsp3) is 0.308. The van der Waals surface area contributed by atoms with E-state index in [2.05, 4.69) is 4.98 Å². The summed E-state index contributed by atoms with van der Waals surface area (Å²) in [6.07, 6.45) is 2.17. The summed E-state index contributed by atoms with van der Waals surface area (Å²) in [7, 11) is 0. The zero-order valence-electron chi connectivity index (χ0n) is 10.2. The van der Waals surface area contributed by atoms with E-state index >= 15 is 0 Å². The number of hydrogen-bond acceptors (Lipinski definition) is 3. The molecule has 102 valence electrons. The fourth-order valence-corrected chi connectivity index (χ4v) is 2.31. The Hall–Kier alpha value is -1.14. The molecule has 0 radical (unpaired) electrons. The average Bonchev–Trinajstić information content (AvgIpc) is 2.84. The molecule has 0 spiro atoms. The van der Waals surface area contributed by atoms with Crippen LogP contribution < -0.4 is 0 Å². The van der Waals surface area contributed by atoms with Crippen LogP contribution in [-0.4, -0.2) is 31.7 Å². The lowest BCUT2D eigenvalue weighted by Gasteiger charge is -2.17. The van der Waals surface area contributed by atoms with Gasteiger partial charge in [0.25, 0.3) is 0 Å². The SMILES string of the molecule is OC(CCCl)C(O)c1ccc(-n2cc[nH]c2=S)cc1. The van der Waals surface area contributed by atoms with Crippen LogP contribution >= 0.6 is 23.8 Å². The van der Waals surface area contributed by atoms with Gasteiger partial charge in [0.2, 0.25) is 0 Å². The summed E-state index contributed by atoms with van der Waals surface area (Å²) < 4.78 is 2.43. The molecular weight excluding hydrogens is 284 g/mol. The maximum absolute atomic E-state index is 9.95. The molecule has 3 N–H and O–H groups in total. The largest absolute Gasteiger partial charge is 0.390 e. The van der Waals surface area contributed by atoms with Gasteiger partial charge in [-0.25, -0.2) is 0 Å². The molecular formula is C13H15ClN2O2S. The number of hydrogen-bond donors (Lipinski definition) is 3. The number of nitrogens with one attached hydrogen (secondary N) is 1. The number of halogens is 1. The Labute approximate surface area is 121 Å². The summed E-state index contributed by atoms with van der Waals surface area (Å²) in [5.74, 6) is 0.314. The van der Waals surface area contributed by atoms with Gasteiger partial charge in [-0.2, -0.15) is 0 Å². The predicted molar refractivity (Wildman–Crippen MR) is 77.3 cm³/mol. The second kappa shape index (κ2) is 6.34. The first-order valence-corrected chi connectivity index (χ1v) is 6.86. The van der Waals surface area contributed by atoms with Gasteiger partial charge in [0.1, 0.15) is 6.10 Å². The highest BCUT2D eigenvalue weighted by Gasteiger charge is 2.17. The first-order valence-electron chi connectivity index (χ1n) is 5.92. The van der Waals surface area contributed by atoms with E-state index < -0.39 is 12.2 Å². The molecule has 2 rings (SSSR count). The highest BCUT2D eigenvalue weighted by Crippen LogP contribution is 2.21. The number of benzene rings is 1. The highest BCUT2D eigenvalue weighted by atomic mass is 35.5. The Bertz CT molecular complexity index is 579. The van der Waals surface area contributed by atoms with Gasteiger partial charge in [0, 0.05) is 24.0 Å². The van der Waals surface area contributed by atoms with Crippen LogP contribution in [0.15, 0.2) is 36.7 Å². The molecule has 0 fully saturated rings. The normalized spacial score (nSPS) is 14.3. The summed E-state index contributed by atoms with van der Waals surface area (Å²) in [6, 6.07) is 7.23. The topological polar surface area (TPSA) is 61.2 Å². The van der Waals surface area contributed by atoms with Crippen LogP contribution in [0.5, 0.6) is 0 Å². The Morgan fingerprint density at radius 1 is 1.26 bits per heavy atom. The molecule has 0 bridgehead atoms. The average molecular weight is 299 g/mol. The van der Waals surface area contributed by atoms with Crippen LogP contribution in [0, 0.1) is 4.77 Å². The molecule has 0 amide bonds. The zero-order chi connectivity index (χ0) is 13.8. The number of rotatable bonds is 5. The van der Waals surface area contributed by atoms with Crippen LogP contribution in [0.1, 0.15) is 18.1 Å². The third-order valence-electron chi connectivity index (χ3n) is 2.93. The second-order valence-corrected chi connectivity index (χ2v) is 4.98. The molecule has 1 aromatic heterocycles. The van der Waals surface area contributed by atoms with Gasteiger partial charge in [-0.3, -0.25) is 4.57 Å². The van der Waals surface area contributed by atoms with Crippen LogP contribution in [-0.2, 0) is 0 Å². The fourth-order valence-electron chi connectivity index (χ4n) is 1.85. The lowest BCUT2D eigenvalue weighted by molar-refractivity contribution is 0.0170. The Morgan fingerprint density at radius 3 is 2.47 bits per heavy atom. The minimum atomic E-state index is -0.924. The molecule has 1 aromatic carbocycles. The van der Waals surface area contributed by atoms with E-state index in [0.717, 1.165) is 5.69 Å². The molecule has 6 heteroatoms. The third kappa shape index (κ3) is 3.25. The van der Waals surface area contributed by atoms with Gasteiger partial charge < -0.3 is 15.2 Å². The van der Waals surface area contributed by atoms with Gasteiger partial charge in [-0.15, -0.1) is 11.6 Å². The van der Waals surface area contributed by atoms with E-state index in [9.17, 15) is 10.2 Å². The van der Waals surface area contributed by atoms with Crippen molar-refractivity contribution < 1.29 is 10.2 Å². The Kier molecular flexibility index (Phi) is 4.76. The minimum absolute atomic E-state index is 0.314. The van der Waals surface area contributed by atoms with Gasteiger partial charge >= 0.3 is 0 Å². The van der Waals surface area contributed by atoms with Crippen molar-refractivity contribution in [3.05, 3.63) is 47.0 Å². The van der Waals surface area contributed by atoms with Gasteiger partial charge in [-0.1, -0.05) is 12.1 Å². The van der Waals surface area contributed by atoms with Crippen molar-refractivity contribution in [2.75, 3.05) is 5.88 Å². The van der Waals surface area contributed by atoms with Gasteiger partial charge in [0.05, 0.1) is 6.10 Å². The number of aromatic amines is 1. The molecule has 0 aliphatic heterocycles. The number of H-pyrrole nitrogens is 1. The monoisotopic (exact) mass is 298 g/mol. The molecule has 19 heavy (non-hydrogen) atoms. The predicted octanol–water partition coefficient (Wildman–Crippen LogP) is 2.56. The molecule has 1 heterocycles. The first kappa shape index (κ1) is 14.3. The van der Waals surface area contributed by atoms with Crippen molar-refractivity contribution in [1.29, 1.82) is 0 Å². The van der Waals surface area contributed by atoms with Crippen LogP contribution in [0.25, 0.3) is 5.69 Å². The molecule has 4 nitrogen and oxygen atoms in total. The summed E-state index contributed by atoms with van der Waals surface area (Å²) >= 11 is 10.7. The number of aliphatic hydroxyl groups excluding tert-OH is 2. The van der Waals surface area contributed by atoms with Crippen LogP contribution in [0.2, 0.25) is 0 Å². The summed E-state index contributed by atoms with van der Waals surface area (Å²) in [4.78, 5) is 2.91. The molecule has 2 aromatic rings. The highest BCUT2D eigenvalue weighted by molar-refractivity contribution is 7.71. The lowest BCUT2D eigenvalue weighted by atomic mass is 10.0. The Morgan fingerprint density at radius 2 is 1.95 bits per heavy atom. The zero-order valence-corrected chi connectivity index (χ0v) is 11.7. The summed E-state index contributed by atoms with van der Waals surface area (Å²) in [5, 5.41) is 19.7. The number of aliphatic hydroxyl groups is 2. The van der Waals surface area contributed by atoms with E-state index in [4.69, 9.17) is 23.8 Å². The molecule has 0 aliphatic carbocycles. The molecule has 2 unspecified atom stereocenters. The van der Waals surface area contributed by atoms with Crippen molar-refractivity contribution in [1.82, 2.24) is 9.55 Å². The first-order chi connectivity index (χ1) is 9.13. The number of aromatic nitrogens is 2. The van der Waals surface area contributed by atoms with Crippen molar-refractivity contribution >= 4 is 23.8 Å². The molecule has 0 saturated heterocycles. The Balaban J connectivity index is 2.19. The van der Waals surface area contributed by atoms with Crippen LogP contribution in [0.4, 0.5) is 0 Å². The van der Waals surface area contributed by atoms with Crippen molar-refractivity contribution in [2.45, 2.75) is 18.6 Å². The van der Waals surface area contributed by atoms with E-state index in [-0.39, 0.29) is 0 Å². The van der Waals surface area contributed by atoms with Crippen LogP contribution in [0.3, 0.4) is 0 Å². The maximum Gasteiger partial charge on any atom is 0.181 e. The maximum atomic E-state index is 9.95. The summed E-state index contributed by atoms with van der Waals surface area (Å²) in [5.41, 5.74) is 1.55. The van der Waals surface area contributed by atoms with E-state index in [1.165, 1.54) is 0 Å². The second-order valence-electron chi connectivity index (χ2n) is 4.22. The quantitative estimate of drug-likeness (QED) is 0.587.